The lowest BCUT2D eigenvalue weighted by Crippen LogP contribution is -2.47. The van der Waals surface area contributed by atoms with Gasteiger partial charge < -0.3 is 0 Å². The minimum Gasteiger partial charge on any atom is -0.296 e. The van der Waals surface area contributed by atoms with Crippen LogP contribution in [0.2, 0.25) is 0 Å². The van der Waals surface area contributed by atoms with Gasteiger partial charge in [-0.2, -0.15) is 0 Å². The van der Waals surface area contributed by atoms with Crippen LogP contribution in [0.4, 0.5) is 0 Å². The number of aliphatic imine (C=N–C) groups is 1. The van der Waals surface area contributed by atoms with E-state index < -0.39 is 0 Å². The van der Waals surface area contributed by atoms with Crippen LogP contribution in [0.1, 0.15) is 67.2 Å². The van der Waals surface area contributed by atoms with Crippen molar-refractivity contribution in [3.8, 4) is 0 Å². The molecule has 146 valence electrons. The van der Waals surface area contributed by atoms with Crippen molar-refractivity contribution in [3.63, 3.8) is 0 Å². The fourth-order valence-corrected chi connectivity index (χ4v) is 3.13. The van der Waals surface area contributed by atoms with Crippen molar-refractivity contribution >= 4 is 17.8 Å². The summed E-state index contributed by atoms with van der Waals surface area (Å²) in [5, 5.41) is 5.38. The van der Waals surface area contributed by atoms with Gasteiger partial charge in [-0.3, -0.25) is 20.2 Å². The Morgan fingerprint density at radius 1 is 1.11 bits per heavy atom. The van der Waals surface area contributed by atoms with Crippen LogP contribution in [0, 0.1) is 0 Å². The molecule has 28 heavy (non-hydrogen) atoms. The molecule has 0 fully saturated rings. The fraction of sp³-hybridized carbons (Fsp3) is 0.348. The van der Waals surface area contributed by atoms with Crippen LogP contribution in [-0.4, -0.2) is 17.8 Å². The summed E-state index contributed by atoms with van der Waals surface area (Å²) < 4.78 is 0. The lowest BCUT2D eigenvalue weighted by atomic mass is 9.87. The molecule has 0 aromatic heterocycles. The normalized spacial score (nSPS) is 16.9. The summed E-state index contributed by atoms with van der Waals surface area (Å²) in [6, 6.07) is 15.3. The van der Waals surface area contributed by atoms with Crippen molar-refractivity contribution in [2.24, 2.45) is 4.99 Å². The molecule has 1 atom stereocenters. The molecule has 0 unspecified atom stereocenters. The topological polar surface area (TPSA) is 70.6 Å². The first-order valence-corrected chi connectivity index (χ1v) is 9.64. The number of hydrogen-bond acceptors (Lipinski definition) is 3. The summed E-state index contributed by atoms with van der Waals surface area (Å²) in [5.41, 5.74) is 3.91. The van der Waals surface area contributed by atoms with E-state index in [9.17, 15) is 9.59 Å². The molecule has 5 heteroatoms. The summed E-state index contributed by atoms with van der Waals surface area (Å²) in [4.78, 5) is 29.2. The third kappa shape index (κ3) is 4.66. The first-order valence-electron chi connectivity index (χ1n) is 9.64. The summed E-state index contributed by atoms with van der Waals surface area (Å²) in [6.07, 6.45) is 1.23. The van der Waals surface area contributed by atoms with Crippen LogP contribution < -0.4 is 10.6 Å². The Kier molecular flexibility index (Phi) is 5.63. The number of hydrogen-bond donors (Lipinski definition) is 2. The summed E-state index contributed by atoms with van der Waals surface area (Å²) >= 11 is 0. The molecule has 5 nitrogen and oxygen atoms in total. The lowest BCUT2D eigenvalue weighted by Gasteiger charge is -2.22. The number of rotatable bonds is 3. The summed E-state index contributed by atoms with van der Waals surface area (Å²) in [7, 11) is 0. The molecular formula is C23H27N3O2. The van der Waals surface area contributed by atoms with Gasteiger partial charge in [-0.1, -0.05) is 64.1 Å². The zero-order valence-corrected chi connectivity index (χ0v) is 16.9. The lowest BCUT2D eigenvalue weighted by molar-refractivity contribution is -0.120. The van der Waals surface area contributed by atoms with Crippen molar-refractivity contribution in [2.45, 2.75) is 52.0 Å². The Balaban J connectivity index is 1.75. The standard InChI is InChI=1S/C23H27N3O2/c1-5-15-6-8-16(9-7-15)19-14-20(27)25-22(24-19)26-21(28)17-10-12-18(13-11-17)23(2,3)4/h6-13,19H,5,14H2,1-4H3,(H2,24,25,26,27,28)/t19-/m0/s1. The van der Waals surface area contributed by atoms with Crippen molar-refractivity contribution in [2.75, 3.05) is 0 Å². The minimum absolute atomic E-state index is 0.0248. The second-order valence-corrected chi connectivity index (χ2v) is 8.12. The van der Waals surface area contributed by atoms with Gasteiger partial charge in [0.2, 0.25) is 11.9 Å². The van der Waals surface area contributed by atoms with Gasteiger partial charge in [0.25, 0.3) is 5.91 Å². The number of carbonyl (C=O) groups is 2. The predicted octanol–water partition coefficient (Wildman–Crippen LogP) is 3.89. The predicted molar refractivity (Wildman–Crippen MR) is 111 cm³/mol. The molecule has 2 aromatic carbocycles. The molecule has 2 N–H and O–H groups in total. The van der Waals surface area contributed by atoms with Gasteiger partial charge >= 0.3 is 0 Å². The van der Waals surface area contributed by atoms with Crippen LogP contribution in [0.25, 0.3) is 0 Å². The summed E-state index contributed by atoms with van der Waals surface area (Å²) in [5.74, 6) is -0.245. The third-order valence-electron chi connectivity index (χ3n) is 4.94. The maximum atomic E-state index is 12.6. The van der Waals surface area contributed by atoms with Crippen molar-refractivity contribution < 1.29 is 9.59 Å². The van der Waals surface area contributed by atoms with Crippen molar-refractivity contribution in [1.29, 1.82) is 0 Å². The quantitative estimate of drug-likeness (QED) is 0.852. The molecule has 2 amide bonds. The molecule has 0 bridgehead atoms. The fourth-order valence-electron chi connectivity index (χ4n) is 3.13. The van der Waals surface area contributed by atoms with E-state index in [-0.39, 0.29) is 35.7 Å². The van der Waals surface area contributed by atoms with Crippen LogP contribution in [0.15, 0.2) is 53.5 Å². The Hall–Kier alpha value is -2.95. The van der Waals surface area contributed by atoms with Crippen LogP contribution >= 0.6 is 0 Å². The van der Waals surface area contributed by atoms with Gasteiger partial charge in [-0.05, 0) is 40.7 Å². The number of amides is 2. The monoisotopic (exact) mass is 377 g/mol. The second-order valence-electron chi connectivity index (χ2n) is 8.12. The van der Waals surface area contributed by atoms with E-state index in [0.717, 1.165) is 17.5 Å². The van der Waals surface area contributed by atoms with E-state index in [4.69, 9.17) is 0 Å². The zero-order valence-electron chi connectivity index (χ0n) is 16.9. The van der Waals surface area contributed by atoms with E-state index >= 15 is 0 Å². The SMILES string of the molecule is CCc1ccc([C@@H]2CC(=O)NC(NC(=O)c3ccc(C(C)(C)C)cc3)=N2)cc1. The van der Waals surface area contributed by atoms with Crippen molar-refractivity contribution in [1.82, 2.24) is 10.6 Å². The highest BCUT2D eigenvalue weighted by Gasteiger charge is 2.24. The van der Waals surface area contributed by atoms with Gasteiger partial charge in [0, 0.05) is 5.56 Å². The molecule has 0 saturated heterocycles. The third-order valence-corrected chi connectivity index (χ3v) is 4.94. The number of guanidine groups is 1. The van der Waals surface area contributed by atoms with Gasteiger partial charge in [0.1, 0.15) is 0 Å². The first-order chi connectivity index (χ1) is 13.3. The number of aryl methyl sites for hydroxylation is 1. The van der Waals surface area contributed by atoms with Crippen molar-refractivity contribution in [3.05, 3.63) is 70.8 Å². The maximum absolute atomic E-state index is 12.6. The molecular weight excluding hydrogens is 350 g/mol. The Bertz CT molecular complexity index is 891. The van der Waals surface area contributed by atoms with Gasteiger partial charge in [-0.25, -0.2) is 4.99 Å². The average molecular weight is 377 g/mol. The van der Waals surface area contributed by atoms with Gasteiger partial charge in [-0.15, -0.1) is 0 Å². The first kappa shape index (κ1) is 19.8. The zero-order chi connectivity index (χ0) is 20.3. The van der Waals surface area contributed by atoms with Gasteiger partial charge in [0.05, 0.1) is 12.5 Å². The smallest absolute Gasteiger partial charge is 0.257 e. The van der Waals surface area contributed by atoms with Crippen LogP contribution in [0.3, 0.4) is 0 Å². The van der Waals surface area contributed by atoms with E-state index in [1.807, 2.05) is 36.4 Å². The average Bonchev–Trinajstić information content (AvgIpc) is 2.67. The highest BCUT2D eigenvalue weighted by atomic mass is 16.2. The number of benzene rings is 2. The Morgan fingerprint density at radius 3 is 2.32 bits per heavy atom. The minimum atomic E-state index is -0.293. The van der Waals surface area contributed by atoms with E-state index in [2.05, 4.69) is 43.3 Å². The maximum Gasteiger partial charge on any atom is 0.257 e. The highest BCUT2D eigenvalue weighted by Crippen LogP contribution is 2.24. The van der Waals surface area contributed by atoms with Crippen LogP contribution in [0.5, 0.6) is 0 Å². The Labute approximate surface area is 166 Å². The summed E-state index contributed by atoms with van der Waals surface area (Å²) in [6.45, 7) is 8.48. The molecule has 2 aromatic rings. The molecule has 1 heterocycles. The molecule has 1 aliphatic rings. The number of nitrogens with zero attached hydrogens (tertiary/aromatic N) is 1. The number of nitrogens with one attached hydrogen (secondary N) is 2. The Morgan fingerprint density at radius 2 is 1.75 bits per heavy atom. The highest BCUT2D eigenvalue weighted by molar-refractivity contribution is 6.10. The molecule has 3 rings (SSSR count). The largest absolute Gasteiger partial charge is 0.296 e. The molecule has 1 aliphatic heterocycles. The van der Waals surface area contributed by atoms with E-state index in [0.29, 0.717) is 5.56 Å². The van der Waals surface area contributed by atoms with E-state index in [1.54, 1.807) is 12.1 Å². The molecule has 0 radical (unpaired) electrons. The van der Waals surface area contributed by atoms with E-state index in [1.165, 1.54) is 5.56 Å². The van der Waals surface area contributed by atoms with Gasteiger partial charge in [0.15, 0.2) is 0 Å². The van der Waals surface area contributed by atoms with Crippen LogP contribution in [-0.2, 0) is 16.6 Å². The molecule has 0 spiro atoms. The second kappa shape index (κ2) is 7.97. The molecule has 0 saturated carbocycles. The number of carbonyl (C=O) groups excluding carboxylic acids is 2. The molecule has 0 aliphatic carbocycles.